The first-order chi connectivity index (χ1) is 17.4. The molecule has 1 aliphatic heterocycles. The molecule has 0 amide bonds. The van der Waals surface area contributed by atoms with Crippen molar-refractivity contribution < 1.29 is 4.74 Å². The van der Waals surface area contributed by atoms with Crippen molar-refractivity contribution >= 4 is 27.5 Å². The second-order valence-electron chi connectivity index (χ2n) is 10.1. The molecule has 6 heteroatoms. The Morgan fingerprint density at radius 2 is 1.58 bits per heavy atom. The van der Waals surface area contributed by atoms with Crippen molar-refractivity contribution in [3.05, 3.63) is 103 Å². The SMILES string of the molecule is CN1NC=CN1c1cccc(Oc2ccc3c4ccc(C(C)(C)C)cc4n(-c4ccccn4)c3c2)c1. The molecule has 0 bridgehead atoms. The van der Waals surface area contributed by atoms with Gasteiger partial charge in [-0.1, -0.05) is 45.0 Å². The fourth-order valence-corrected chi connectivity index (χ4v) is 4.72. The first-order valence-corrected chi connectivity index (χ1v) is 12.1. The van der Waals surface area contributed by atoms with Gasteiger partial charge in [-0.25, -0.2) is 4.98 Å². The molecule has 5 aromatic rings. The van der Waals surface area contributed by atoms with Gasteiger partial charge >= 0.3 is 0 Å². The molecule has 6 nitrogen and oxygen atoms in total. The minimum atomic E-state index is 0.0486. The number of anilines is 1. The second kappa shape index (κ2) is 8.43. The second-order valence-corrected chi connectivity index (χ2v) is 10.1. The molecule has 180 valence electrons. The molecule has 0 spiro atoms. The lowest BCUT2D eigenvalue weighted by Gasteiger charge is -2.24. The van der Waals surface area contributed by atoms with Crippen LogP contribution in [0.15, 0.2) is 97.5 Å². The largest absolute Gasteiger partial charge is 0.457 e. The van der Waals surface area contributed by atoms with Gasteiger partial charge in [0.2, 0.25) is 0 Å². The van der Waals surface area contributed by atoms with Crippen LogP contribution in [0, 0.1) is 0 Å². The number of rotatable bonds is 4. The smallest absolute Gasteiger partial charge is 0.137 e. The molecule has 0 atom stereocenters. The minimum Gasteiger partial charge on any atom is -0.457 e. The standard InChI is InChI=1S/C30H29N5O/c1-30(2,3)21-11-13-25-26-14-12-24(20-28(26)35(27(25)18-21)29-10-5-6-15-31-29)36-23-9-7-8-22(19-23)34-17-16-32-33(34)4/h5-20,32H,1-4H3. The van der Waals surface area contributed by atoms with E-state index in [9.17, 15) is 0 Å². The third kappa shape index (κ3) is 3.85. The summed E-state index contributed by atoms with van der Waals surface area (Å²) in [5, 5.41) is 6.30. The van der Waals surface area contributed by atoms with Crippen molar-refractivity contribution in [1.29, 1.82) is 0 Å². The van der Waals surface area contributed by atoms with Crippen LogP contribution in [-0.4, -0.2) is 21.7 Å². The number of aromatic nitrogens is 2. The van der Waals surface area contributed by atoms with Crippen LogP contribution >= 0.6 is 0 Å². The summed E-state index contributed by atoms with van der Waals surface area (Å²) in [4.78, 5) is 4.69. The Kier molecular flexibility index (Phi) is 5.20. The number of hydrogen-bond acceptors (Lipinski definition) is 5. The van der Waals surface area contributed by atoms with Crippen LogP contribution in [0.1, 0.15) is 26.3 Å². The van der Waals surface area contributed by atoms with Crippen molar-refractivity contribution in [2.75, 3.05) is 12.1 Å². The maximum atomic E-state index is 6.36. The van der Waals surface area contributed by atoms with Crippen molar-refractivity contribution in [2.24, 2.45) is 0 Å². The van der Waals surface area contributed by atoms with E-state index in [2.05, 4.69) is 72.1 Å². The normalized spacial score (nSPS) is 14.1. The Balaban J connectivity index is 1.47. The Morgan fingerprint density at radius 3 is 2.31 bits per heavy atom. The predicted molar refractivity (Wildman–Crippen MR) is 146 cm³/mol. The van der Waals surface area contributed by atoms with Gasteiger partial charge in [-0.3, -0.25) is 9.58 Å². The molecule has 3 heterocycles. The van der Waals surface area contributed by atoms with Crippen molar-refractivity contribution in [2.45, 2.75) is 26.2 Å². The maximum Gasteiger partial charge on any atom is 0.137 e. The summed E-state index contributed by atoms with van der Waals surface area (Å²) in [6.45, 7) is 6.73. The summed E-state index contributed by atoms with van der Waals surface area (Å²) in [7, 11) is 1.96. The number of hydrogen-bond donors (Lipinski definition) is 1. The van der Waals surface area contributed by atoms with Gasteiger partial charge in [0, 0.05) is 48.5 Å². The van der Waals surface area contributed by atoms with Gasteiger partial charge in [-0.2, -0.15) is 0 Å². The third-order valence-corrected chi connectivity index (χ3v) is 6.60. The zero-order valence-electron chi connectivity index (χ0n) is 20.9. The van der Waals surface area contributed by atoms with Crippen LogP contribution in [0.2, 0.25) is 0 Å². The fraction of sp³-hybridized carbons (Fsp3) is 0.167. The molecule has 1 aliphatic rings. The van der Waals surface area contributed by atoms with Gasteiger partial charge in [0.1, 0.15) is 17.3 Å². The number of pyridine rings is 1. The van der Waals surface area contributed by atoms with Gasteiger partial charge in [0.15, 0.2) is 0 Å². The van der Waals surface area contributed by atoms with E-state index < -0.39 is 0 Å². The van der Waals surface area contributed by atoms with Crippen LogP contribution in [0.4, 0.5) is 5.69 Å². The molecule has 2 aromatic heterocycles. The molecule has 0 unspecified atom stereocenters. The molecule has 0 radical (unpaired) electrons. The number of nitrogens with zero attached hydrogens (tertiary/aromatic N) is 4. The number of ether oxygens (including phenoxy) is 1. The van der Waals surface area contributed by atoms with Crippen molar-refractivity contribution in [1.82, 2.24) is 20.1 Å². The molecule has 0 saturated carbocycles. The summed E-state index contributed by atoms with van der Waals surface area (Å²) < 4.78 is 8.60. The lowest BCUT2D eigenvalue weighted by Crippen LogP contribution is -2.37. The zero-order chi connectivity index (χ0) is 24.9. The van der Waals surface area contributed by atoms with E-state index in [0.717, 1.165) is 34.0 Å². The Hall–Kier alpha value is -4.29. The molecule has 1 N–H and O–H groups in total. The highest BCUT2D eigenvalue weighted by molar-refractivity contribution is 6.09. The summed E-state index contributed by atoms with van der Waals surface area (Å²) in [6.07, 6.45) is 5.70. The summed E-state index contributed by atoms with van der Waals surface area (Å²) in [5.41, 5.74) is 7.69. The number of nitrogens with one attached hydrogen (secondary N) is 1. The van der Waals surface area contributed by atoms with Gasteiger partial charge in [0.25, 0.3) is 0 Å². The average molecular weight is 476 g/mol. The summed E-state index contributed by atoms with van der Waals surface area (Å²) >= 11 is 0. The minimum absolute atomic E-state index is 0.0486. The maximum absolute atomic E-state index is 6.36. The molecule has 0 fully saturated rings. The van der Waals surface area contributed by atoms with Gasteiger partial charge in [-0.15, -0.1) is 5.12 Å². The van der Waals surface area contributed by atoms with E-state index in [0.29, 0.717) is 0 Å². The van der Waals surface area contributed by atoms with Gasteiger partial charge < -0.3 is 10.2 Å². The average Bonchev–Trinajstić information content (AvgIpc) is 3.44. The number of fused-ring (bicyclic) bond motifs is 3. The van der Waals surface area contributed by atoms with E-state index in [1.807, 2.05) is 78.2 Å². The monoisotopic (exact) mass is 475 g/mol. The molecular weight excluding hydrogens is 446 g/mol. The van der Waals surface area contributed by atoms with E-state index in [4.69, 9.17) is 4.74 Å². The van der Waals surface area contributed by atoms with Crippen LogP contribution in [0.3, 0.4) is 0 Å². The highest BCUT2D eigenvalue weighted by Crippen LogP contribution is 2.37. The van der Waals surface area contributed by atoms with Crippen LogP contribution in [-0.2, 0) is 5.41 Å². The molecule has 3 aromatic carbocycles. The molecule has 0 saturated heterocycles. The lowest BCUT2D eigenvalue weighted by molar-refractivity contribution is 0.302. The van der Waals surface area contributed by atoms with Crippen LogP contribution < -0.4 is 15.2 Å². The molecule has 0 aliphatic carbocycles. The Labute approximate surface area is 211 Å². The third-order valence-electron chi connectivity index (χ3n) is 6.60. The first-order valence-electron chi connectivity index (χ1n) is 12.1. The van der Waals surface area contributed by atoms with E-state index >= 15 is 0 Å². The molecule has 36 heavy (non-hydrogen) atoms. The highest BCUT2D eigenvalue weighted by atomic mass is 16.5. The Bertz CT molecular complexity index is 1600. The summed E-state index contributed by atoms with van der Waals surface area (Å²) in [5.74, 6) is 2.44. The lowest BCUT2D eigenvalue weighted by atomic mass is 9.86. The van der Waals surface area contributed by atoms with Crippen molar-refractivity contribution in [3.63, 3.8) is 0 Å². The van der Waals surface area contributed by atoms with Gasteiger partial charge in [0.05, 0.1) is 16.7 Å². The number of benzene rings is 3. The van der Waals surface area contributed by atoms with E-state index in [1.165, 1.54) is 16.3 Å². The first kappa shape index (κ1) is 22.2. The highest BCUT2D eigenvalue weighted by Gasteiger charge is 2.19. The van der Waals surface area contributed by atoms with Crippen molar-refractivity contribution in [3.8, 4) is 17.3 Å². The number of hydrazine groups is 2. The fourth-order valence-electron chi connectivity index (χ4n) is 4.72. The molecule has 6 rings (SSSR count). The molecular formula is C30H29N5O. The zero-order valence-corrected chi connectivity index (χ0v) is 20.9. The van der Waals surface area contributed by atoms with E-state index in [-0.39, 0.29) is 5.41 Å². The summed E-state index contributed by atoms with van der Waals surface area (Å²) in [6, 6.07) is 27.1. The van der Waals surface area contributed by atoms with Crippen LogP contribution in [0.5, 0.6) is 11.5 Å². The van der Waals surface area contributed by atoms with Gasteiger partial charge in [-0.05, 0) is 53.4 Å². The van der Waals surface area contributed by atoms with E-state index in [1.54, 1.807) is 0 Å². The topological polar surface area (TPSA) is 45.6 Å². The Morgan fingerprint density at radius 1 is 0.806 bits per heavy atom. The quantitative estimate of drug-likeness (QED) is 0.306. The van der Waals surface area contributed by atoms with Crippen LogP contribution in [0.25, 0.3) is 27.6 Å². The predicted octanol–water partition coefficient (Wildman–Crippen LogP) is 6.91.